The summed E-state index contributed by atoms with van der Waals surface area (Å²) in [7, 11) is -3.92. The van der Waals surface area contributed by atoms with E-state index in [9.17, 15) is 23.1 Å². The summed E-state index contributed by atoms with van der Waals surface area (Å²) < 4.78 is 27.5. The number of nitrogens with one attached hydrogen (secondary N) is 2. The lowest BCUT2D eigenvalue weighted by atomic mass is 9.87. The molecule has 2 amide bonds. The molecule has 0 radical (unpaired) electrons. The van der Waals surface area contributed by atoms with E-state index in [4.69, 9.17) is 0 Å². The Labute approximate surface area is 207 Å². The van der Waals surface area contributed by atoms with Crippen LogP contribution in [0.1, 0.15) is 48.7 Å². The predicted molar refractivity (Wildman–Crippen MR) is 134 cm³/mol. The molecule has 0 saturated carbocycles. The van der Waals surface area contributed by atoms with E-state index >= 15 is 0 Å². The highest BCUT2D eigenvalue weighted by Gasteiger charge is 2.40. The largest absolute Gasteiger partial charge is 0.395 e. The van der Waals surface area contributed by atoms with Crippen LogP contribution in [-0.2, 0) is 26.8 Å². The summed E-state index contributed by atoms with van der Waals surface area (Å²) in [4.78, 5) is 24.2. The average molecular weight is 500 g/mol. The van der Waals surface area contributed by atoms with Crippen LogP contribution in [0.5, 0.6) is 0 Å². The standard InChI is InChI=1S/C26H33N3O5S/c1-5-24(31)28-21-14-22(17-30)29(16-21)35(33,34)23-12-8-19(9-13-23)25(32)27-15-18-6-10-20(11-7-18)26(2,3)4/h5-13,21-22,30H,1,14-17H2,2-4H3,(H,27,32)(H,28,31). The van der Waals surface area contributed by atoms with E-state index in [2.05, 4.69) is 38.0 Å². The molecule has 2 aromatic carbocycles. The number of rotatable bonds is 8. The maximum absolute atomic E-state index is 13.2. The zero-order valence-corrected chi connectivity index (χ0v) is 21.1. The molecule has 1 aliphatic heterocycles. The minimum atomic E-state index is -3.92. The van der Waals surface area contributed by atoms with Gasteiger partial charge in [-0.2, -0.15) is 4.31 Å². The first-order chi connectivity index (χ1) is 16.5. The molecule has 0 spiro atoms. The predicted octanol–water partition coefficient (Wildman–Crippen LogP) is 2.34. The highest BCUT2D eigenvalue weighted by Crippen LogP contribution is 2.27. The van der Waals surface area contributed by atoms with Gasteiger partial charge in [0.1, 0.15) is 0 Å². The van der Waals surface area contributed by atoms with Gasteiger partial charge in [0.05, 0.1) is 17.5 Å². The van der Waals surface area contributed by atoms with Crippen molar-refractivity contribution in [3.05, 3.63) is 77.9 Å². The van der Waals surface area contributed by atoms with Gasteiger partial charge in [0.2, 0.25) is 15.9 Å². The van der Waals surface area contributed by atoms with Crippen molar-refractivity contribution >= 4 is 21.8 Å². The number of benzene rings is 2. The van der Waals surface area contributed by atoms with Crippen LogP contribution < -0.4 is 10.6 Å². The lowest BCUT2D eigenvalue weighted by Gasteiger charge is -2.22. The van der Waals surface area contributed by atoms with Gasteiger partial charge in [-0.3, -0.25) is 9.59 Å². The molecule has 1 fully saturated rings. The Morgan fingerprint density at radius 1 is 1.11 bits per heavy atom. The molecule has 35 heavy (non-hydrogen) atoms. The van der Waals surface area contributed by atoms with E-state index < -0.39 is 28.0 Å². The highest BCUT2D eigenvalue weighted by molar-refractivity contribution is 7.89. The molecule has 3 rings (SSSR count). The van der Waals surface area contributed by atoms with Crippen LogP contribution in [0.15, 0.2) is 66.1 Å². The quantitative estimate of drug-likeness (QED) is 0.482. The fourth-order valence-electron chi connectivity index (χ4n) is 4.03. The van der Waals surface area contributed by atoms with Crippen molar-refractivity contribution in [3.8, 4) is 0 Å². The summed E-state index contributed by atoms with van der Waals surface area (Å²) in [5.74, 6) is -0.707. The number of hydrogen-bond donors (Lipinski definition) is 3. The van der Waals surface area contributed by atoms with Crippen LogP contribution in [0.4, 0.5) is 0 Å². The number of aliphatic hydroxyl groups excluding tert-OH is 1. The average Bonchev–Trinajstić information content (AvgIpc) is 3.26. The number of carbonyl (C=O) groups is 2. The van der Waals surface area contributed by atoms with E-state index in [0.717, 1.165) is 11.6 Å². The number of amides is 2. The van der Waals surface area contributed by atoms with Crippen LogP contribution >= 0.6 is 0 Å². The third kappa shape index (κ3) is 6.36. The monoisotopic (exact) mass is 499 g/mol. The van der Waals surface area contributed by atoms with Gasteiger partial charge in [0, 0.05) is 24.7 Å². The molecule has 8 nitrogen and oxygen atoms in total. The first-order valence-corrected chi connectivity index (χ1v) is 12.9. The van der Waals surface area contributed by atoms with Gasteiger partial charge in [-0.1, -0.05) is 51.6 Å². The fourth-order valence-corrected chi connectivity index (χ4v) is 5.70. The van der Waals surface area contributed by atoms with Gasteiger partial charge in [0.25, 0.3) is 5.91 Å². The Morgan fingerprint density at radius 3 is 2.29 bits per heavy atom. The van der Waals surface area contributed by atoms with Gasteiger partial charge in [-0.15, -0.1) is 0 Å². The summed E-state index contributed by atoms with van der Waals surface area (Å²) in [5.41, 5.74) is 2.57. The molecule has 3 N–H and O–H groups in total. The Morgan fingerprint density at radius 2 is 1.74 bits per heavy atom. The summed E-state index contributed by atoms with van der Waals surface area (Å²) in [6, 6.07) is 12.7. The fraction of sp³-hybridized carbons (Fsp3) is 0.385. The van der Waals surface area contributed by atoms with Crippen LogP contribution in [0.2, 0.25) is 0 Å². The summed E-state index contributed by atoms with van der Waals surface area (Å²) in [6.45, 7) is 9.85. The van der Waals surface area contributed by atoms with Gasteiger partial charge >= 0.3 is 0 Å². The van der Waals surface area contributed by atoms with Crippen molar-refractivity contribution in [2.75, 3.05) is 13.2 Å². The zero-order chi connectivity index (χ0) is 25.8. The van der Waals surface area contributed by atoms with Crippen molar-refractivity contribution in [3.63, 3.8) is 0 Å². The van der Waals surface area contributed by atoms with Crippen molar-refractivity contribution in [1.29, 1.82) is 0 Å². The number of carbonyl (C=O) groups excluding carboxylic acids is 2. The molecule has 1 saturated heterocycles. The Bertz CT molecular complexity index is 1170. The topological polar surface area (TPSA) is 116 Å². The second-order valence-corrected chi connectivity index (χ2v) is 11.6. The smallest absolute Gasteiger partial charge is 0.251 e. The molecule has 2 unspecified atom stereocenters. The molecule has 188 valence electrons. The van der Waals surface area contributed by atoms with Gasteiger partial charge < -0.3 is 15.7 Å². The number of nitrogens with zero attached hydrogens (tertiary/aromatic N) is 1. The molecule has 9 heteroatoms. The number of hydrogen-bond acceptors (Lipinski definition) is 5. The summed E-state index contributed by atoms with van der Waals surface area (Å²) in [6.07, 6.45) is 1.42. The van der Waals surface area contributed by atoms with E-state index in [1.165, 1.54) is 34.1 Å². The Kier molecular flexibility index (Phi) is 8.15. The minimum absolute atomic E-state index is 0.0148. The van der Waals surface area contributed by atoms with Gasteiger partial charge in [-0.25, -0.2) is 8.42 Å². The van der Waals surface area contributed by atoms with Crippen LogP contribution in [0, 0.1) is 0 Å². The Balaban J connectivity index is 1.65. The SMILES string of the molecule is C=CC(=O)NC1CC(CO)N(S(=O)(=O)c2ccc(C(=O)NCc3ccc(C(C)(C)C)cc3)cc2)C1. The van der Waals surface area contributed by atoms with Crippen LogP contribution in [-0.4, -0.2) is 54.9 Å². The maximum Gasteiger partial charge on any atom is 0.251 e. The first kappa shape index (κ1) is 26.6. The second kappa shape index (κ2) is 10.7. The first-order valence-electron chi connectivity index (χ1n) is 11.5. The Hall–Kier alpha value is -3.01. The normalized spacial score (nSPS) is 18.7. The molecule has 0 aliphatic carbocycles. The third-order valence-corrected chi connectivity index (χ3v) is 8.04. The summed E-state index contributed by atoms with van der Waals surface area (Å²) in [5, 5.41) is 15.2. The van der Waals surface area contributed by atoms with Crippen molar-refractivity contribution in [2.24, 2.45) is 0 Å². The number of sulfonamides is 1. The van der Waals surface area contributed by atoms with Crippen molar-refractivity contribution in [1.82, 2.24) is 14.9 Å². The van der Waals surface area contributed by atoms with E-state index in [-0.39, 0.29) is 29.4 Å². The summed E-state index contributed by atoms with van der Waals surface area (Å²) >= 11 is 0. The van der Waals surface area contributed by atoms with Crippen LogP contribution in [0.3, 0.4) is 0 Å². The van der Waals surface area contributed by atoms with Crippen molar-refractivity contribution in [2.45, 2.75) is 56.1 Å². The molecule has 0 aromatic heterocycles. The van der Waals surface area contributed by atoms with E-state index in [1.54, 1.807) is 0 Å². The third-order valence-electron chi connectivity index (χ3n) is 6.10. The minimum Gasteiger partial charge on any atom is -0.395 e. The lowest BCUT2D eigenvalue weighted by Crippen LogP contribution is -2.39. The van der Waals surface area contributed by atoms with E-state index in [0.29, 0.717) is 18.5 Å². The van der Waals surface area contributed by atoms with Crippen LogP contribution in [0.25, 0.3) is 0 Å². The highest BCUT2D eigenvalue weighted by atomic mass is 32.2. The van der Waals surface area contributed by atoms with Gasteiger partial charge in [-0.05, 0) is 53.3 Å². The zero-order valence-electron chi connectivity index (χ0n) is 20.3. The molecule has 2 aromatic rings. The second-order valence-electron chi connectivity index (χ2n) is 9.71. The molecular weight excluding hydrogens is 466 g/mol. The molecule has 2 atom stereocenters. The van der Waals surface area contributed by atoms with Crippen molar-refractivity contribution < 1.29 is 23.1 Å². The molecular formula is C26H33N3O5S. The maximum atomic E-state index is 13.2. The molecule has 0 bridgehead atoms. The lowest BCUT2D eigenvalue weighted by molar-refractivity contribution is -0.117. The molecule has 1 aliphatic rings. The number of aliphatic hydroxyl groups is 1. The van der Waals surface area contributed by atoms with E-state index in [1.807, 2.05) is 24.3 Å². The molecule has 1 heterocycles. The van der Waals surface area contributed by atoms with Gasteiger partial charge in [0.15, 0.2) is 0 Å².